The van der Waals surface area contributed by atoms with E-state index < -0.39 is 0 Å². The van der Waals surface area contributed by atoms with E-state index in [9.17, 15) is 9.90 Å². The molecule has 1 aromatic rings. The van der Waals surface area contributed by atoms with Crippen LogP contribution in [0, 0.1) is 0 Å². The Bertz CT molecular complexity index is 450. The molecule has 5 nitrogen and oxygen atoms in total. The molecule has 0 aromatic carbocycles. The molecule has 1 aromatic heterocycles. The second-order valence-electron chi connectivity index (χ2n) is 4.68. The van der Waals surface area contributed by atoms with Crippen LogP contribution >= 0.6 is 0 Å². The Hall–Kier alpha value is -1.33. The molecule has 1 aliphatic rings. The quantitative estimate of drug-likeness (QED) is 0.842. The smallest absolute Gasteiger partial charge is 0.223 e. The minimum Gasteiger partial charge on any atom is -0.503 e. The van der Waals surface area contributed by atoms with Gasteiger partial charge in [0.25, 0.3) is 0 Å². The zero-order chi connectivity index (χ0) is 13.0. The van der Waals surface area contributed by atoms with E-state index in [-0.39, 0.29) is 11.2 Å². The number of hydrogen-bond donors (Lipinski definition) is 1. The van der Waals surface area contributed by atoms with Gasteiger partial charge in [0.1, 0.15) is 0 Å². The average Bonchev–Trinajstić information content (AvgIpc) is 2.84. The highest BCUT2D eigenvalue weighted by Gasteiger charge is 2.14. The summed E-state index contributed by atoms with van der Waals surface area (Å²) in [5.74, 6) is -0.198. The summed E-state index contributed by atoms with van der Waals surface area (Å²) in [5, 5.41) is 9.50. The summed E-state index contributed by atoms with van der Waals surface area (Å²) in [6.07, 6.45) is 3.95. The zero-order valence-electron chi connectivity index (χ0n) is 10.8. The Kier molecular flexibility index (Phi) is 4.38. The average molecular weight is 252 g/mol. The maximum atomic E-state index is 11.5. The van der Waals surface area contributed by atoms with Crippen molar-refractivity contribution < 1.29 is 9.84 Å². The second kappa shape index (κ2) is 6.02. The van der Waals surface area contributed by atoms with Crippen molar-refractivity contribution in [2.75, 3.05) is 26.8 Å². The van der Waals surface area contributed by atoms with Gasteiger partial charge < -0.3 is 14.4 Å². The maximum Gasteiger partial charge on any atom is 0.223 e. The summed E-state index contributed by atoms with van der Waals surface area (Å²) in [5.41, 5.74) is 0.634. The molecule has 0 radical (unpaired) electrons. The van der Waals surface area contributed by atoms with Crippen LogP contribution in [-0.4, -0.2) is 41.4 Å². The first kappa shape index (κ1) is 13.1. The number of aromatic hydroxyl groups is 1. The number of pyridine rings is 1. The minimum atomic E-state index is -0.308. The highest BCUT2D eigenvalue weighted by molar-refractivity contribution is 5.20. The summed E-state index contributed by atoms with van der Waals surface area (Å²) in [4.78, 5) is 13.9. The Balaban J connectivity index is 2.19. The van der Waals surface area contributed by atoms with Crippen LogP contribution in [0.3, 0.4) is 0 Å². The summed E-state index contributed by atoms with van der Waals surface area (Å²) in [7, 11) is 1.64. The summed E-state index contributed by atoms with van der Waals surface area (Å²) < 4.78 is 6.95. The molecule has 1 aliphatic heterocycles. The number of rotatable bonds is 5. The fourth-order valence-electron chi connectivity index (χ4n) is 2.31. The molecule has 1 fully saturated rings. The number of nitrogens with zero attached hydrogens (tertiary/aromatic N) is 2. The van der Waals surface area contributed by atoms with E-state index in [1.54, 1.807) is 7.11 Å². The molecule has 2 rings (SSSR count). The van der Waals surface area contributed by atoms with Gasteiger partial charge in [-0.15, -0.1) is 0 Å². The predicted octanol–water partition coefficient (Wildman–Crippen LogP) is 0.796. The fourth-order valence-corrected chi connectivity index (χ4v) is 2.31. The van der Waals surface area contributed by atoms with Crippen LogP contribution in [0.2, 0.25) is 0 Å². The number of aromatic nitrogens is 1. The van der Waals surface area contributed by atoms with Crippen LogP contribution in [0.5, 0.6) is 5.75 Å². The topological polar surface area (TPSA) is 54.7 Å². The van der Waals surface area contributed by atoms with Crippen LogP contribution in [-0.2, 0) is 17.8 Å². The summed E-state index contributed by atoms with van der Waals surface area (Å²) in [6.45, 7) is 4.14. The standard InChI is InChI=1S/C13H20N2O3/c1-18-7-6-15-10-13(17)12(16)8-11(15)9-14-4-2-3-5-14/h8,10,17H,2-7,9H2,1H3. The SMILES string of the molecule is COCCn1cc(O)c(=O)cc1CN1CCCC1. The first-order valence-electron chi connectivity index (χ1n) is 6.34. The molecular weight excluding hydrogens is 232 g/mol. The lowest BCUT2D eigenvalue weighted by molar-refractivity contribution is 0.184. The first-order chi connectivity index (χ1) is 8.70. The highest BCUT2D eigenvalue weighted by Crippen LogP contribution is 2.13. The van der Waals surface area contributed by atoms with Crippen molar-refractivity contribution in [2.45, 2.75) is 25.9 Å². The van der Waals surface area contributed by atoms with E-state index in [2.05, 4.69) is 4.90 Å². The van der Waals surface area contributed by atoms with Crippen molar-refractivity contribution in [1.29, 1.82) is 0 Å². The van der Waals surface area contributed by atoms with Crippen LogP contribution in [0.25, 0.3) is 0 Å². The van der Waals surface area contributed by atoms with Gasteiger partial charge in [0.2, 0.25) is 5.43 Å². The van der Waals surface area contributed by atoms with Crippen LogP contribution in [0.15, 0.2) is 17.1 Å². The van der Waals surface area contributed by atoms with E-state index in [0.29, 0.717) is 13.2 Å². The molecule has 1 N–H and O–H groups in total. The lowest BCUT2D eigenvalue weighted by Gasteiger charge is -2.19. The third-order valence-electron chi connectivity index (χ3n) is 3.32. The molecule has 18 heavy (non-hydrogen) atoms. The van der Waals surface area contributed by atoms with Crippen molar-refractivity contribution in [2.24, 2.45) is 0 Å². The largest absolute Gasteiger partial charge is 0.503 e. The Morgan fingerprint density at radius 2 is 2.11 bits per heavy atom. The Morgan fingerprint density at radius 3 is 2.78 bits per heavy atom. The zero-order valence-corrected chi connectivity index (χ0v) is 10.8. The number of likely N-dealkylation sites (tertiary alicyclic amines) is 1. The molecule has 0 bridgehead atoms. The van der Waals surface area contributed by atoms with E-state index >= 15 is 0 Å². The number of ether oxygens (including phenoxy) is 1. The first-order valence-corrected chi connectivity index (χ1v) is 6.34. The van der Waals surface area contributed by atoms with Gasteiger partial charge in [-0.25, -0.2) is 0 Å². The monoisotopic (exact) mass is 252 g/mol. The molecule has 100 valence electrons. The lowest BCUT2D eigenvalue weighted by atomic mass is 10.3. The molecule has 0 aliphatic carbocycles. The molecule has 0 atom stereocenters. The molecule has 5 heteroatoms. The van der Waals surface area contributed by atoms with E-state index in [0.717, 1.165) is 25.3 Å². The van der Waals surface area contributed by atoms with Gasteiger partial charge in [-0.3, -0.25) is 9.69 Å². The van der Waals surface area contributed by atoms with Gasteiger partial charge >= 0.3 is 0 Å². The third-order valence-corrected chi connectivity index (χ3v) is 3.32. The lowest BCUT2D eigenvalue weighted by Crippen LogP contribution is -2.24. The Labute approximate surface area is 107 Å². The van der Waals surface area contributed by atoms with Gasteiger partial charge in [0, 0.05) is 32.0 Å². The molecule has 0 spiro atoms. The number of hydrogen-bond acceptors (Lipinski definition) is 4. The van der Waals surface area contributed by atoms with Crippen LogP contribution in [0.1, 0.15) is 18.5 Å². The highest BCUT2D eigenvalue weighted by atomic mass is 16.5. The van der Waals surface area contributed by atoms with E-state index in [1.807, 2.05) is 4.57 Å². The van der Waals surface area contributed by atoms with Crippen molar-refractivity contribution in [3.8, 4) is 5.75 Å². The van der Waals surface area contributed by atoms with Gasteiger partial charge in [-0.2, -0.15) is 0 Å². The van der Waals surface area contributed by atoms with Crippen molar-refractivity contribution >= 4 is 0 Å². The predicted molar refractivity (Wildman–Crippen MR) is 68.8 cm³/mol. The van der Waals surface area contributed by atoms with Crippen LogP contribution < -0.4 is 5.43 Å². The molecule has 0 saturated carbocycles. The van der Waals surface area contributed by atoms with E-state index in [1.165, 1.54) is 25.1 Å². The van der Waals surface area contributed by atoms with Gasteiger partial charge in [-0.05, 0) is 25.9 Å². The van der Waals surface area contributed by atoms with Gasteiger partial charge in [0.05, 0.1) is 12.8 Å². The minimum absolute atomic E-state index is 0.198. The summed E-state index contributed by atoms with van der Waals surface area (Å²) in [6, 6.07) is 1.53. The Morgan fingerprint density at radius 1 is 1.39 bits per heavy atom. The number of methoxy groups -OCH3 is 1. The second-order valence-corrected chi connectivity index (χ2v) is 4.68. The summed E-state index contributed by atoms with van der Waals surface area (Å²) >= 11 is 0. The molecule has 1 saturated heterocycles. The molecular formula is C13H20N2O3. The van der Waals surface area contributed by atoms with E-state index in [4.69, 9.17) is 4.74 Å². The maximum absolute atomic E-state index is 11.5. The van der Waals surface area contributed by atoms with Gasteiger partial charge in [-0.1, -0.05) is 0 Å². The third kappa shape index (κ3) is 3.11. The van der Waals surface area contributed by atoms with Crippen molar-refractivity contribution in [3.05, 3.63) is 28.2 Å². The molecule has 0 amide bonds. The van der Waals surface area contributed by atoms with Gasteiger partial charge in [0.15, 0.2) is 5.75 Å². The molecule has 2 heterocycles. The molecule has 0 unspecified atom stereocenters. The van der Waals surface area contributed by atoms with Crippen molar-refractivity contribution in [3.63, 3.8) is 0 Å². The van der Waals surface area contributed by atoms with Crippen molar-refractivity contribution in [1.82, 2.24) is 9.47 Å². The van der Waals surface area contributed by atoms with Crippen LogP contribution in [0.4, 0.5) is 0 Å². The normalized spacial score (nSPS) is 16.3. The fraction of sp³-hybridized carbons (Fsp3) is 0.615.